The van der Waals surface area contributed by atoms with Gasteiger partial charge in [0.1, 0.15) is 17.3 Å². The number of piperidine rings is 3. The zero-order valence-electron chi connectivity index (χ0n) is 37.9. The van der Waals surface area contributed by atoms with Crippen molar-refractivity contribution in [2.45, 2.75) is 155 Å². The number of hydroxylamine groups is 6. The fourth-order valence-corrected chi connectivity index (χ4v) is 7.47. The lowest BCUT2D eigenvalue weighted by Gasteiger charge is -2.47. The van der Waals surface area contributed by atoms with Gasteiger partial charge in [0.25, 0.3) is 0 Å². The van der Waals surface area contributed by atoms with Crippen molar-refractivity contribution in [3.05, 3.63) is 0 Å². The molecule has 0 aromatic carbocycles. The van der Waals surface area contributed by atoms with E-state index in [2.05, 4.69) is 0 Å². The predicted octanol–water partition coefficient (Wildman–Crippen LogP) is 1.88. The molecule has 0 bridgehead atoms. The van der Waals surface area contributed by atoms with E-state index >= 15 is 0 Å². The Hall–Kier alpha value is -4.49. The molecular weight excluding hydrogens is 826 g/mol. The first-order chi connectivity index (χ1) is 27.6. The van der Waals surface area contributed by atoms with E-state index in [1.54, 1.807) is 0 Å². The van der Waals surface area contributed by atoms with Crippen LogP contribution in [0.1, 0.15) is 122 Å². The third-order valence-corrected chi connectivity index (χ3v) is 9.37. The zero-order valence-corrected chi connectivity index (χ0v) is 37.9. The van der Waals surface area contributed by atoms with Crippen LogP contribution in [0.2, 0.25) is 0 Å². The van der Waals surface area contributed by atoms with Crippen molar-refractivity contribution >= 4 is 53.2 Å². The van der Waals surface area contributed by atoms with Crippen molar-refractivity contribution in [1.29, 1.82) is 0 Å². The maximum absolute atomic E-state index is 11.3. The summed E-state index contributed by atoms with van der Waals surface area (Å²) >= 11 is 0. The first-order valence-electron chi connectivity index (χ1n) is 19.4. The van der Waals surface area contributed by atoms with Gasteiger partial charge in [-0.3, -0.25) is 53.0 Å². The van der Waals surface area contributed by atoms with Crippen LogP contribution in [0.25, 0.3) is 0 Å². The smallest absolute Gasteiger partial charge is 0.317 e. The highest BCUT2D eigenvalue weighted by Crippen LogP contribution is 2.36. The number of hydrogen-bond donors (Lipinski definition) is 9. The second kappa shape index (κ2) is 23.8. The molecule has 3 rings (SSSR count). The number of ketones is 3. The van der Waals surface area contributed by atoms with E-state index in [1.165, 1.54) is 15.2 Å². The summed E-state index contributed by atoms with van der Waals surface area (Å²) in [7, 11) is 0. The second-order valence-electron chi connectivity index (χ2n) is 19.1. The Kier molecular flexibility index (Phi) is 22.9. The normalized spacial score (nSPS) is 21.0. The topological polar surface area (TPSA) is 352 Å². The molecule has 0 aromatic rings. The monoisotopic (exact) mass is 895 g/mol. The first-order valence-corrected chi connectivity index (χ1v) is 19.4. The Morgan fingerprint density at radius 2 is 0.468 bits per heavy atom. The predicted molar refractivity (Wildman–Crippen MR) is 217 cm³/mol. The van der Waals surface area contributed by atoms with Gasteiger partial charge in [0.15, 0.2) is 0 Å². The van der Waals surface area contributed by atoms with Crippen LogP contribution >= 0.6 is 0 Å². The highest BCUT2D eigenvalue weighted by Gasteiger charge is 2.46. The molecule has 23 heteroatoms. The van der Waals surface area contributed by atoms with Crippen LogP contribution in [0.4, 0.5) is 0 Å². The van der Waals surface area contributed by atoms with E-state index < -0.39 is 108 Å². The molecular formula is C39H69N5O18. The minimum Gasteiger partial charge on any atom is -0.480 e. The molecule has 3 fully saturated rings. The van der Waals surface area contributed by atoms with E-state index in [0.717, 1.165) is 9.80 Å². The molecule has 0 spiro atoms. The summed E-state index contributed by atoms with van der Waals surface area (Å²) in [5, 5.41) is 82.9. The van der Waals surface area contributed by atoms with Gasteiger partial charge in [-0.25, -0.2) is 0 Å². The summed E-state index contributed by atoms with van der Waals surface area (Å²) in [4.78, 5) is 96.4. The van der Waals surface area contributed by atoms with E-state index in [9.17, 15) is 58.8 Å². The lowest BCUT2D eigenvalue weighted by atomic mass is 9.81. The molecule has 0 aromatic heterocycles. The van der Waals surface area contributed by atoms with Crippen LogP contribution in [0, 0.1) is 0 Å². The lowest BCUT2D eigenvalue weighted by Crippen LogP contribution is -2.59. The Labute approximate surface area is 361 Å². The average Bonchev–Trinajstić information content (AvgIpc) is 2.99. The molecule has 9 N–H and O–H groups in total. The van der Waals surface area contributed by atoms with Gasteiger partial charge in [-0.15, -0.1) is 0 Å². The molecule has 0 radical (unpaired) electrons. The molecule has 0 saturated carbocycles. The molecule has 358 valence electrons. The van der Waals surface area contributed by atoms with E-state index in [0.29, 0.717) is 38.5 Å². The van der Waals surface area contributed by atoms with Crippen molar-refractivity contribution < 1.29 is 89.4 Å². The van der Waals surface area contributed by atoms with Crippen LogP contribution < -0.4 is 0 Å². The molecule has 3 saturated heterocycles. The van der Waals surface area contributed by atoms with Gasteiger partial charge in [-0.2, -0.15) is 15.2 Å². The van der Waals surface area contributed by atoms with Crippen LogP contribution in [0.5, 0.6) is 0 Å². The SMILES string of the molecule is CC1(C)CC(=O)CC(C)(C)N1O.CC1(C)CC(=O)CC(C)(C)N1O.CC1(C)CC(=O)CC(C)(C)N1O.O=C(O)CN(CC(=O)O)CC(=O)O.O=C(O)CN(CC(=O)O)CC(=O)O. The molecule has 23 nitrogen and oxygen atoms in total. The fraction of sp³-hybridized carbons (Fsp3) is 0.769. The summed E-state index contributed by atoms with van der Waals surface area (Å²) in [6.45, 7) is 19.0. The van der Waals surface area contributed by atoms with Gasteiger partial charge < -0.3 is 46.3 Å². The number of carboxylic acids is 6. The molecule has 3 aliphatic heterocycles. The van der Waals surface area contributed by atoms with Crippen molar-refractivity contribution in [3.63, 3.8) is 0 Å². The Bertz CT molecular complexity index is 1330. The van der Waals surface area contributed by atoms with Crippen LogP contribution in [-0.4, -0.2) is 197 Å². The van der Waals surface area contributed by atoms with Gasteiger partial charge in [0.2, 0.25) is 0 Å². The lowest BCUT2D eigenvalue weighted by molar-refractivity contribution is -0.237. The van der Waals surface area contributed by atoms with Crippen LogP contribution in [0.15, 0.2) is 0 Å². The largest absolute Gasteiger partial charge is 0.480 e. The quantitative estimate of drug-likeness (QED) is 0.135. The minimum atomic E-state index is -1.26. The average molecular weight is 896 g/mol. The van der Waals surface area contributed by atoms with E-state index in [-0.39, 0.29) is 17.3 Å². The summed E-state index contributed by atoms with van der Waals surface area (Å²) in [5.41, 5.74) is -2.51. The van der Waals surface area contributed by atoms with Crippen molar-refractivity contribution in [1.82, 2.24) is 25.0 Å². The highest BCUT2D eigenvalue weighted by atomic mass is 16.5. The number of Topliss-reactive ketones (excluding diaryl/α,β-unsaturated/α-hetero) is 3. The number of nitrogens with zero attached hydrogens (tertiary/aromatic N) is 5. The maximum atomic E-state index is 11.3. The van der Waals surface area contributed by atoms with E-state index in [1.807, 2.05) is 83.1 Å². The molecule has 0 amide bonds. The Morgan fingerprint density at radius 1 is 0.355 bits per heavy atom. The first kappa shape index (κ1) is 59.6. The minimum absolute atomic E-state index is 0.232. The second-order valence-corrected chi connectivity index (χ2v) is 19.1. The highest BCUT2D eigenvalue weighted by molar-refractivity contribution is 5.83. The van der Waals surface area contributed by atoms with Crippen molar-refractivity contribution in [3.8, 4) is 0 Å². The molecule has 0 unspecified atom stereocenters. The third kappa shape index (κ3) is 22.6. The number of aliphatic carboxylic acids is 6. The van der Waals surface area contributed by atoms with Crippen molar-refractivity contribution in [2.75, 3.05) is 39.3 Å². The van der Waals surface area contributed by atoms with Gasteiger partial charge in [-0.05, 0) is 83.1 Å². The van der Waals surface area contributed by atoms with E-state index in [4.69, 9.17) is 30.6 Å². The number of hydrogen-bond acceptors (Lipinski definition) is 17. The van der Waals surface area contributed by atoms with Gasteiger partial charge >= 0.3 is 35.8 Å². The van der Waals surface area contributed by atoms with Gasteiger partial charge in [0, 0.05) is 71.8 Å². The molecule has 3 heterocycles. The summed E-state index contributed by atoms with van der Waals surface area (Å²) < 4.78 is 0. The number of carboxylic acid groups (broad SMARTS) is 6. The molecule has 0 aliphatic carbocycles. The summed E-state index contributed by atoms with van der Waals surface area (Å²) in [5.74, 6) is -6.87. The summed E-state index contributed by atoms with van der Waals surface area (Å²) in [6, 6.07) is 0. The Balaban J connectivity index is 0. The maximum Gasteiger partial charge on any atom is 0.317 e. The molecule has 3 aliphatic rings. The summed E-state index contributed by atoms with van der Waals surface area (Å²) in [6.07, 6.45) is 2.62. The number of rotatable bonds is 12. The third-order valence-electron chi connectivity index (χ3n) is 9.37. The fourth-order valence-electron chi connectivity index (χ4n) is 7.47. The van der Waals surface area contributed by atoms with Gasteiger partial charge in [0.05, 0.1) is 39.3 Å². The Morgan fingerprint density at radius 3 is 0.565 bits per heavy atom. The molecule has 62 heavy (non-hydrogen) atoms. The van der Waals surface area contributed by atoms with Crippen molar-refractivity contribution in [2.24, 2.45) is 0 Å². The van der Waals surface area contributed by atoms with Crippen LogP contribution in [-0.2, 0) is 43.2 Å². The van der Waals surface area contributed by atoms with Crippen LogP contribution in [0.3, 0.4) is 0 Å². The standard InChI is InChI=1S/3C9H17NO2.2C6H9NO6/c3*1-8(2)5-7(11)6-9(3,4)10(8)12;2*8-4(9)1-7(2-5(10)11)3-6(12)13/h3*12H,5-6H2,1-4H3;2*1-3H2,(H,8,9)(H,10,11)(H,12,13). The zero-order chi connectivity index (χ0) is 49.6. The van der Waals surface area contributed by atoms with Gasteiger partial charge in [-0.1, -0.05) is 0 Å². The molecule has 0 atom stereocenters. The number of carbonyl (C=O) groups excluding carboxylic acids is 3. The number of carbonyl (C=O) groups is 9.